The molecular formula is C39H26N2. The standard InChI is InChI=1S/C39H26N2/c1-22-20-30-26-13-7-6-12-25(26)21-31(30)35(23(22)2)29-17-19-33-37(36(29)24-10-4-3-5-11-24)38-34(40-33)18-16-28-27-14-8-9-15-32(27)41-39(28)38/h3-20H,21H2,1-2H3. The molecule has 0 fully saturated rings. The minimum absolute atomic E-state index is 0.953. The molecule has 0 unspecified atom stereocenters. The van der Waals surface area contributed by atoms with Gasteiger partial charge >= 0.3 is 0 Å². The molecule has 1 aliphatic carbocycles. The minimum atomic E-state index is 0.953. The van der Waals surface area contributed by atoms with Gasteiger partial charge in [-0.25, -0.2) is 9.98 Å². The summed E-state index contributed by atoms with van der Waals surface area (Å²) < 4.78 is 0. The molecular weight excluding hydrogens is 496 g/mol. The van der Waals surface area contributed by atoms with E-state index in [1.807, 2.05) is 0 Å². The fourth-order valence-electron chi connectivity index (χ4n) is 7.24. The van der Waals surface area contributed by atoms with Gasteiger partial charge in [0.2, 0.25) is 0 Å². The highest BCUT2D eigenvalue weighted by Crippen LogP contribution is 2.52. The maximum atomic E-state index is 5.18. The van der Waals surface area contributed by atoms with Gasteiger partial charge in [-0.2, -0.15) is 0 Å². The highest BCUT2D eigenvalue weighted by atomic mass is 14.8. The molecule has 0 saturated heterocycles. The highest BCUT2D eigenvalue weighted by molar-refractivity contribution is 6.05. The largest absolute Gasteiger partial charge is 0.248 e. The van der Waals surface area contributed by atoms with Gasteiger partial charge in [0.25, 0.3) is 0 Å². The van der Waals surface area contributed by atoms with Crippen LogP contribution in [-0.2, 0) is 6.42 Å². The molecule has 2 nitrogen and oxygen atoms in total. The van der Waals surface area contributed by atoms with Gasteiger partial charge < -0.3 is 0 Å². The summed E-state index contributed by atoms with van der Waals surface area (Å²) in [7, 11) is 0. The topological polar surface area (TPSA) is 24.7 Å². The number of hydrogen-bond donors (Lipinski definition) is 0. The van der Waals surface area contributed by atoms with Crippen LogP contribution in [0.2, 0.25) is 0 Å². The van der Waals surface area contributed by atoms with Crippen LogP contribution in [0.3, 0.4) is 0 Å². The van der Waals surface area contributed by atoms with E-state index in [0.717, 1.165) is 34.1 Å². The summed E-state index contributed by atoms with van der Waals surface area (Å²) in [5.74, 6) is 0. The number of para-hydroxylation sites is 1. The molecule has 6 aromatic carbocycles. The van der Waals surface area contributed by atoms with Gasteiger partial charge in [-0.1, -0.05) is 84.9 Å². The normalized spacial score (nSPS) is 12.9. The quantitative estimate of drug-likeness (QED) is 0.217. The lowest BCUT2D eigenvalue weighted by Crippen LogP contribution is -2.02. The van der Waals surface area contributed by atoms with Crippen molar-refractivity contribution in [1.82, 2.24) is 0 Å². The first-order valence-corrected chi connectivity index (χ1v) is 14.3. The highest BCUT2D eigenvalue weighted by Gasteiger charge is 2.30. The van der Waals surface area contributed by atoms with Crippen LogP contribution in [0.25, 0.3) is 44.5 Å². The van der Waals surface area contributed by atoms with Crippen LogP contribution in [0, 0.1) is 24.3 Å². The summed E-state index contributed by atoms with van der Waals surface area (Å²) in [6, 6.07) is 39.5. The summed E-state index contributed by atoms with van der Waals surface area (Å²) in [6.45, 7) is 4.54. The first-order chi connectivity index (χ1) is 20.2. The average molecular weight is 523 g/mol. The van der Waals surface area contributed by atoms with Gasteiger partial charge in [-0.05, 0) is 100 Å². The lowest BCUT2D eigenvalue weighted by atomic mass is 9.82. The van der Waals surface area contributed by atoms with Crippen molar-refractivity contribution in [1.29, 1.82) is 0 Å². The van der Waals surface area contributed by atoms with Crippen molar-refractivity contribution in [3.63, 3.8) is 0 Å². The molecule has 0 amide bonds. The van der Waals surface area contributed by atoms with Gasteiger partial charge in [0, 0.05) is 21.6 Å². The molecule has 9 rings (SSSR count). The molecule has 41 heavy (non-hydrogen) atoms. The third-order valence-electron chi connectivity index (χ3n) is 9.22. The number of benzene rings is 6. The van der Waals surface area contributed by atoms with Gasteiger partial charge in [-0.3, -0.25) is 0 Å². The SMILES string of the molecule is Cc1cc2c(c(-c3ccc4c(c3-c3ccccc3)-c3c5c(ccc3=N4)=c3ccccc3=N5)c1C)Cc1ccccc1-2. The van der Waals surface area contributed by atoms with Crippen molar-refractivity contribution in [2.24, 2.45) is 9.98 Å². The molecule has 192 valence electrons. The van der Waals surface area contributed by atoms with Crippen LogP contribution in [0.5, 0.6) is 0 Å². The Balaban J connectivity index is 1.41. The molecule has 0 spiro atoms. The molecule has 2 heteroatoms. The van der Waals surface area contributed by atoms with E-state index in [2.05, 4.69) is 123 Å². The van der Waals surface area contributed by atoms with Crippen LogP contribution >= 0.6 is 0 Å². The zero-order valence-corrected chi connectivity index (χ0v) is 23.0. The first kappa shape index (κ1) is 22.7. The van der Waals surface area contributed by atoms with Gasteiger partial charge in [0.05, 0.1) is 22.1 Å². The van der Waals surface area contributed by atoms with Gasteiger partial charge in [-0.15, -0.1) is 0 Å². The van der Waals surface area contributed by atoms with E-state index in [-0.39, 0.29) is 0 Å². The van der Waals surface area contributed by atoms with Crippen molar-refractivity contribution in [3.8, 4) is 44.5 Å². The first-order valence-electron chi connectivity index (χ1n) is 14.3. The van der Waals surface area contributed by atoms with E-state index in [9.17, 15) is 0 Å². The molecule has 2 aliphatic heterocycles. The molecule has 0 aromatic heterocycles. The molecule has 0 N–H and O–H groups in total. The molecule has 0 radical (unpaired) electrons. The Bertz CT molecular complexity index is 2350. The molecule has 6 aromatic rings. The van der Waals surface area contributed by atoms with Crippen LogP contribution in [0.4, 0.5) is 11.4 Å². The van der Waals surface area contributed by atoms with Crippen molar-refractivity contribution in [2.75, 3.05) is 0 Å². The molecule has 0 atom stereocenters. The second kappa shape index (κ2) is 8.22. The van der Waals surface area contributed by atoms with Crippen LogP contribution in [0.15, 0.2) is 119 Å². The Morgan fingerprint density at radius 2 is 1.34 bits per heavy atom. The van der Waals surface area contributed by atoms with Crippen LogP contribution < -0.4 is 10.7 Å². The van der Waals surface area contributed by atoms with E-state index >= 15 is 0 Å². The van der Waals surface area contributed by atoms with Crippen molar-refractivity contribution < 1.29 is 0 Å². The second-order valence-corrected chi connectivity index (χ2v) is 11.4. The summed E-state index contributed by atoms with van der Waals surface area (Å²) in [5.41, 5.74) is 17.7. The van der Waals surface area contributed by atoms with Gasteiger partial charge in [0.15, 0.2) is 0 Å². The molecule has 0 saturated carbocycles. The maximum Gasteiger partial charge on any atom is 0.0817 e. The number of nitrogens with zero attached hydrogens (tertiary/aromatic N) is 2. The average Bonchev–Trinajstić information content (AvgIpc) is 3.69. The molecule has 3 aliphatic rings. The predicted molar refractivity (Wildman–Crippen MR) is 166 cm³/mol. The Morgan fingerprint density at radius 1 is 0.537 bits per heavy atom. The predicted octanol–water partition coefficient (Wildman–Crippen LogP) is 8.69. The zero-order valence-electron chi connectivity index (χ0n) is 23.0. The second-order valence-electron chi connectivity index (χ2n) is 11.4. The monoisotopic (exact) mass is 522 g/mol. The van der Waals surface area contributed by atoms with Crippen LogP contribution in [0.1, 0.15) is 22.3 Å². The Kier molecular flexibility index (Phi) is 4.55. The summed E-state index contributed by atoms with van der Waals surface area (Å²) in [4.78, 5) is 10.3. The van der Waals surface area contributed by atoms with Crippen molar-refractivity contribution in [2.45, 2.75) is 20.3 Å². The van der Waals surface area contributed by atoms with Crippen molar-refractivity contribution >= 4 is 11.4 Å². The number of fused-ring (bicyclic) bond motifs is 9. The molecule has 2 heterocycles. The van der Waals surface area contributed by atoms with Crippen LogP contribution in [-0.4, -0.2) is 0 Å². The molecule has 0 bridgehead atoms. The van der Waals surface area contributed by atoms with E-state index in [0.29, 0.717) is 0 Å². The summed E-state index contributed by atoms with van der Waals surface area (Å²) >= 11 is 0. The van der Waals surface area contributed by atoms with Gasteiger partial charge in [0.1, 0.15) is 0 Å². The fraction of sp³-hybridized carbons (Fsp3) is 0.0769. The Hall–Kier alpha value is -5.08. The maximum absolute atomic E-state index is 5.18. The number of hydrogen-bond acceptors (Lipinski definition) is 2. The lowest BCUT2D eigenvalue weighted by molar-refractivity contribution is 1.23. The Labute approximate surface area is 238 Å². The van der Waals surface area contributed by atoms with Crippen molar-refractivity contribution in [3.05, 3.63) is 153 Å². The smallest absolute Gasteiger partial charge is 0.0817 e. The number of aryl methyl sites for hydroxylation is 1. The Morgan fingerprint density at radius 3 is 2.24 bits per heavy atom. The fourth-order valence-corrected chi connectivity index (χ4v) is 7.24. The zero-order chi connectivity index (χ0) is 27.2. The third kappa shape index (κ3) is 3.08. The van der Waals surface area contributed by atoms with E-state index in [1.54, 1.807) is 0 Å². The minimum Gasteiger partial charge on any atom is -0.248 e. The summed E-state index contributed by atoms with van der Waals surface area (Å²) in [5, 5.41) is 4.42. The third-order valence-corrected chi connectivity index (χ3v) is 9.22. The van der Waals surface area contributed by atoms with E-state index in [4.69, 9.17) is 9.98 Å². The van der Waals surface area contributed by atoms with E-state index in [1.165, 1.54) is 71.6 Å². The van der Waals surface area contributed by atoms with E-state index < -0.39 is 0 Å². The lowest BCUT2D eigenvalue weighted by Gasteiger charge is -2.21. The number of rotatable bonds is 2. The summed E-state index contributed by atoms with van der Waals surface area (Å²) in [6.07, 6.45) is 0.953.